The van der Waals surface area contributed by atoms with Crippen molar-refractivity contribution in [3.8, 4) is 0 Å². The summed E-state index contributed by atoms with van der Waals surface area (Å²) in [5.41, 5.74) is 5.85. The minimum Gasteiger partial charge on any atom is -0.329 e. The fraction of sp³-hybridized carbons (Fsp3) is 1.00. The topological polar surface area (TPSA) is 26.0 Å². The zero-order valence-electron chi connectivity index (χ0n) is 8.68. The van der Waals surface area contributed by atoms with Gasteiger partial charge in [0.1, 0.15) is 0 Å². The molecule has 72 valence electrons. The van der Waals surface area contributed by atoms with E-state index in [1.54, 1.807) is 0 Å². The van der Waals surface area contributed by atoms with Crippen LogP contribution >= 0.6 is 11.8 Å². The van der Waals surface area contributed by atoms with E-state index < -0.39 is 0 Å². The molecule has 0 aromatic carbocycles. The van der Waals surface area contributed by atoms with Crippen LogP contribution < -0.4 is 5.73 Å². The molecule has 2 heteroatoms. The molecule has 0 saturated heterocycles. The number of hydrogen-bond donors (Lipinski definition) is 1. The lowest BCUT2D eigenvalue weighted by Crippen LogP contribution is -2.50. The zero-order chi connectivity index (χ0) is 9.41. The molecule has 1 rings (SSSR count). The van der Waals surface area contributed by atoms with Gasteiger partial charge in [0, 0.05) is 16.0 Å². The highest BCUT2D eigenvalue weighted by Crippen LogP contribution is 2.52. The molecule has 2 atom stereocenters. The SMILES string of the molecule is CC1CCC1(CN)SC(C)(C)C. The summed E-state index contributed by atoms with van der Waals surface area (Å²) in [5, 5.41) is 0. The van der Waals surface area contributed by atoms with E-state index in [1.807, 2.05) is 0 Å². The molecule has 1 nitrogen and oxygen atoms in total. The third kappa shape index (κ3) is 1.97. The van der Waals surface area contributed by atoms with Crippen molar-refractivity contribution in [1.82, 2.24) is 0 Å². The minimum absolute atomic E-state index is 0.355. The normalized spacial score (nSPS) is 36.2. The van der Waals surface area contributed by atoms with Crippen molar-refractivity contribution in [3.05, 3.63) is 0 Å². The molecule has 2 unspecified atom stereocenters. The molecule has 1 fully saturated rings. The van der Waals surface area contributed by atoms with Crippen molar-refractivity contribution in [2.75, 3.05) is 6.54 Å². The van der Waals surface area contributed by atoms with E-state index in [0.717, 1.165) is 12.5 Å². The summed E-state index contributed by atoms with van der Waals surface area (Å²) in [5.74, 6) is 0.812. The van der Waals surface area contributed by atoms with Crippen molar-refractivity contribution in [3.63, 3.8) is 0 Å². The smallest absolute Gasteiger partial charge is 0.0313 e. The summed E-state index contributed by atoms with van der Waals surface area (Å²) in [6.07, 6.45) is 2.67. The molecule has 0 amide bonds. The van der Waals surface area contributed by atoms with Gasteiger partial charge in [0.2, 0.25) is 0 Å². The van der Waals surface area contributed by atoms with Crippen LogP contribution in [-0.4, -0.2) is 16.0 Å². The quantitative estimate of drug-likeness (QED) is 0.719. The molecular weight excluding hydrogens is 166 g/mol. The van der Waals surface area contributed by atoms with Gasteiger partial charge in [-0.3, -0.25) is 0 Å². The van der Waals surface area contributed by atoms with Crippen LogP contribution in [0.3, 0.4) is 0 Å². The molecule has 2 N–H and O–H groups in total. The van der Waals surface area contributed by atoms with Crippen molar-refractivity contribution in [1.29, 1.82) is 0 Å². The highest BCUT2D eigenvalue weighted by Gasteiger charge is 2.45. The van der Waals surface area contributed by atoms with Crippen molar-refractivity contribution in [2.24, 2.45) is 11.7 Å². The Kier molecular flexibility index (Phi) is 2.79. The monoisotopic (exact) mass is 187 g/mol. The van der Waals surface area contributed by atoms with Gasteiger partial charge < -0.3 is 5.73 Å². The molecule has 0 heterocycles. The standard InChI is InChI=1S/C10H21NS/c1-8-5-6-10(8,7-11)12-9(2,3)4/h8H,5-7,11H2,1-4H3. The van der Waals surface area contributed by atoms with Crippen molar-refractivity contribution in [2.45, 2.75) is 50.0 Å². The Balaban J connectivity index is 2.57. The molecule has 0 bridgehead atoms. The average molecular weight is 187 g/mol. The third-order valence-corrected chi connectivity index (χ3v) is 4.55. The van der Waals surface area contributed by atoms with Gasteiger partial charge in [0.25, 0.3) is 0 Å². The Morgan fingerprint density at radius 3 is 2.17 bits per heavy atom. The number of rotatable bonds is 2. The van der Waals surface area contributed by atoms with E-state index in [2.05, 4.69) is 39.5 Å². The van der Waals surface area contributed by atoms with Gasteiger partial charge in [-0.2, -0.15) is 0 Å². The van der Waals surface area contributed by atoms with E-state index in [0.29, 0.717) is 9.49 Å². The van der Waals surface area contributed by atoms with Crippen LogP contribution in [0.15, 0.2) is 0 Å². The summed E-state index contributed by atoms with van der Waals surface area (Å²) >= 11 is 2.07. The summed E-state index contributed by atoms with van der Waals surface area (Å²) in [6, 6.07) is 0. The van der Waals surface area contributed by atoms with Gasteiger partial charge in [-0.05, 0) is 18.8 Å². The molecule has 0 spiro atoms. The largest absolute Gasteiger partial charge is 0.329 e. The average Bonchev–Trinajstić information content (AvgIpc) is 1.95. The second kappa shape index (κ2) is 3.22. The first-order valence-corrected chi connectivity index (χ1v) is 5.61. The fourth-order valence-corrected chi connectivity index (χ4v) is 3.70. The first-order chi connectivity index (χ1) is 5.40. The van der Waals surface area contributed by atoms with Crippen LogP contribution in [0.2, 0.25) is 0 Å². The van der Waals surface area contributed by atoms with Gasteiger partial charge in [-0.15, -0.1) is 11.8 Å². The van der Waals surface area contributed by atoms with Gasteiger partial charge in [-0.25, -0.2) is 0 Å². The summed E-state index contributed by atoms with van der Waals surface area (Å²) in [4.78, 5) is 0. The molecule has 0 aliphatic heterocycles. The summed E-state index contributed by atoms with van der Waals surface area (Å²) in [7, 11) is 0. The minimum atomic E-state index is 0.355. The number of hydrogen-bond acceptors (Lipinski definition) is 2. The zero-order valence-corrected chi connectivity index (χ0v) is 9.50. The molecule has 0 aromatic heterocycles. The Hall–Kier alpha value is 0.310. The molecule has 1 aliphatic rings. The van der Waals surface area contributed by atoms with E-state index >= 15 is 0 Å². The Morgan fingerprint density at radius 2 is 2.08 bits per heavy atom. The molecule has 0 radical (unpaired) electrons. The van der Waals surface area contributed by atoms with Gasteiger partial charge in [-0.1, -0.05) is 27.7 Å². The molecule has 1 saturated carbocycles. The fourth-order valence-electron chi connectivity index (χ4n) is 1.86. The van der Waals surface area contributed by atoms with E-state index in [-0.39, 0.29) is 0 Å². The second-order valence-electron chi connectivity index (χ2n) is 4.92. The maximum absolute atomic E-state index is 5.85. The Bertz CT molecular complexity index is 158. The first-order valence-electron chi connectivity index (χ1n) is 4.80. The highest BCUT2D eigenvalue weighted by atomic mass is 32.2. The van der Waals surface area contributed by atoms with E-state index in [1.165, 1.54) is 12.8 Å². The van der Waals surface area contributed by atoms with Gasteiger partial charge in [0.15, 0.2) is 0 Å². The van der Waals surface area contributed by atoms with E-state index in [9.17, 15) is 0 Å². The van der Waals surface area contributed by atoms with Gasteiger partial charge in [0.05, 0.1) is 0 Å². The molecule has 12 heavy (non-hydrogen) atoms. The second-order valence-corrected chi connectivity index (χ2v) is 7.16. The molecular formula is C10H21NS. The Labute approximate surface area is 80.5 Å². The third-order valence-electron chi connectivity index (χ3n) is 2.75. The van der Waals surface area contributed by atoms with Crippen LogP contribution in [0.4, 0.5) is 0 Å². The van der Waals surface area contributed by atoms with Crippen LogP contribution in [-0.2, 0) is 0 Å². The predicted molar refractivity (Wildman–Crippen MR) is 57.5 cm³/mol. The summed E-state index contributed by atoms with van der Waals surface area (Å²) < 4.78 is 0.756. The maximum atomic E-state index is 5.85. The highest BCUT2D eigenvalue weighted by molar-refractivity contribution is 8.02. The van der Waals surface area contributed by atoms with E-state index in [4.69, 9.17) is 5.73 Å². The van der Waals surface area contributed by atoms with Crippen LogP contribution in [0.25, 0.3) is 0 Å². The predicted octanol–water partition coefficient (Wildman–Crippen LogP) is 2.65. The molecule has 0 aromatic rings. The lowest BCUT2D eigenvalue weighted by molar-refractivity contribution is 0.243. The lowest BCUT2D eigenvalue weighted by atomic mass is 9.74. The van der Waals surface area contributed by atoms with Crippen LogP contribution in [0.5, 0.6) is 0 Å². The lowest BCUT2D eigenvalue weighted by Gasteiger charge is -2.50. The van der Waals surface area contributed by atoms with Crippen LogP contribution in [0.1, 0.15) is 40.5 Å². The van der Waals surface area contributed by atoms with Crippen molar-refractivity contribution < 1.29 is 0 Å². The van der Waals surface area contributed by atoms with Crippen LogP contribution in [0, 0.1) is 5.92 Å². The number of nitrogens with two attached hydrogens (primary N) is 1. The summed E-state index contributed by atoms with van der Waals surface area (Å²) in [6.45, 7) is 10.0. The first kappa shape index (κ1) is 10.4. The molecule has 1 aliphatic carbocycles. The maximum Gasteiger partial charge on any atom is 0.0313 e. The van der Waals surface area contributed by atoms with Gasteiger partial charge >= 0.3 is 0 Å². The Morgan fingerprint density at radius 1 is 1.50 bits per heavy atom. The number of thioether (sulfide) groups is 1. The van der Waals surface area contributed by atoms with Crippen molar-refractivity contribution >= 4 is 11.8 Å².